The van der Waals surface area contributed by atoms with Gasteiger partial charge in [-0.2, -0.15) is 5.10 Å². The molecule has 2 aliphatic heterocycles. The summed E-state index contributed by atoms with van der Waals surface area (Å²) in [5, 5.41) is 10.9. The summed E-state index contributed by atoms with van der Waals surface area (Å²) in [5.41, 5.74) is 2.48. The first-order chi connectivity index (χ1) is 12.7. The van der Waals surface area contributed by atoms with Crippen LogP contribution in [-0.2, 0) is 18.4 Å². The van der Waals surface area contributed by atoms with E-state index >= 15 is 0 Å². The molecule has 0 aliphatic carbocycles. The molecule has 2 aliphatic rings. The largest absolute Gasteiger partial charge is 0.352 e. The summed E-state index contributed by atoms with van der Waals surface area (Å²) in [6, 6.07) is 10.8. The zero-order valence-corrected chi connectivity index (χ0v) is 17.7. The van der Waals surface area contributed by atoms with Crippen LogP contribution in [0.1, 0.15) is 23.5 Å². The minimum absolute atomic E-state index is 0. The smallest absolute Gasteiger partial charge is 0.225 e. The summed E-state index contributed by atoms with van der Waals surface area (Å²) >= 11 is 0. The van der Waals surface area contributed by atoms with Crippen molar-refractivity contribution < 1.29 is 4.79 Å². The number of aryl methyl sites for hydroxylation is 1. The van der Waals surface area contributed by atoms with Gasteiger partial charge in [0.25, 0.3) is 0 Å². The van der Waals surface area contributed by atoms with Crippen LogP contribution in [0.2, 0.25) is 0 Å². The maximum absolute atomic E-state index is 12.9. The molecule has 154 valence electrons. The first kappa shape index (κ1) is 22.7. The van der Waals surface area contributed by atoms with E-state index in [2.05, 4.69) is 44.9 Å². The lowest BCUT2D eigenvalue weighted by molar-refractivity contribution is -0.125. The predicted octanol–water partition coefficient (Wildman–Crippen LogP) is 1.96. The Morgan fingerprint density at radius 3 is 2.75 bits per heavy atom. The highest BCUT2D eigenvalue weighted by Gasteiger charge is 2.36. The van der Waals surface area contributed by atoms with Crippen LogP contribution in [0.25, 0.3) is 0 Å². The highest BCUT2D eigenvalue weighted by molar-refractivity contribution is 5.85. The number of carbonyl (C=O) groups is 1. The van der Waals surface area contributed by atoms with Crippen molar-refractivity contribution in [2.75, 3.05) is 26.2 Å². The molecule has 4 rings (SSSR count). The number of nitrogens with one attached hydrogen (secondary N) is 2. The van der Waals surface area contributed by atoms with Crippen LogP contribution in [-0.4, -0.2) is 52.8 Å². The Morgan fingerprint density at radius 1 is 1.25 bits per heavy atom. The van der Waals surface area contributed by atoms with Crippen molar-refractivity contribution in [1.82, 2.24) is 25.3 Å². The van der Waals surface area contributed by atoms with Gasteiger partial charge < -0.3 is 10.6 Å². The summed E-state index contributed by atoms with van der Waals surface area (Å²) < 4.78 is 1.81. The summed E-state index contributed by atoms with van der Waals surface area (Å²) in [7, 11) is 1.92. The molecule has 28 heavy (non-hydrogen) atoms. The van der Waals surface area contributed by atoms with Crippen LogP contribution in [0.5, 0.6) is 0 Å². The van der Waals surface area contributed by atoms with E-state index in [1.54, 1.807) is 4.68 Å². The van der Waals surface area contributed by atoms with Crippen molar-refractivity contribution in [3.63, 3.8) is 0 Å². The maximum Gasteiger partial charge on any atom is 0.225 e. The molecule has 1 aromatic carbocycles. The van der Waals surface area contributed by atoms with Crippen molar-refractivity contribution in [2.24, 2.45) is 13.0 Å². The second kappa shape index (κ2) is 10.3. The Bertz CT molecular complexity index is 754. The molecule has 2 saturated heterocycles. The number of benzene rings is 1. The lowest BCUT2D eigenvalue weighted by Crippen LogP contribution is -2.42. The zero-order chi connectivity index (χ0) is 17.9. The van der Waals surface area contributed by atoms with Crippen LogP contribution in [0, 0.1) is 5.92 Å². The second-order valence-electron chi connectivity index (χ2n) is 7.53. The van der Waals surface area contributed by atoms with Crippen LogP contribution >= 0.6 is 24.8 Å². The molecule has 3 atom stereocenters. The molecule has 0 saturated carbocycles. The van der Waals surface area contributed by atoms with Gasteiger partial charge in [0.1, 0.15) is 0 Å². The number of likely N-dealkylation sites (tertiary alicyclic amines) is 1. The third-order valence-electron chi connectivity index (χ3n) is 5.57. The average molecular weight is 426 g/mol. The summed E-state index contributed by atoms with van der Waals surface area (Å²) in [5.74, 6) is 0.378. The summed E-state index contributed by atoms with van der Waals surface area (Å²) in [6.07, 6.45) is 4.93. The molecule has 3 heterocycles. The van der Waals surface area contributed by atoms with E-state index < -0.39 is 0 Å². The molecule has 6 nitrogen and oxygen atoms in total. The first-order valence-corrected chi connectivity index (χ1v) is 9.45. The van der Waals surface area contributed by atoms with Gasteiger partial charge in [0, 0.05) is 57.9 Å². The van der Waals surface area contributed by atoms with Gasteiger partial charge in [0.05, 0.1) is 12.1 Å². The molecular formula is C20H29Cl2N5O. The SMILES string of the molecule is Cl.Cl.Cn1cc([C@H]2CNC[C@@H]2C(=O)NC2CCN(Cc3ccccc3)C2)cn1. The van der Waals surface area contributed by atoms with E-state index in [9.17, 15) is 4.79 Å². The number of halogens is 2. The number of rotatable bonds is 5. The van der Waals surface area contributed by atoms with Crippen molar-refractivity contribution in [1.29, 1.82) is 0 Å². The van der Waals surface area contributed by atoms with E-state index in [1.165, 1.54) is 5.56 Å². The Hall–Kier alpha value is -1.60. The van der Waals surface area contributed by atoms with Crippen LogP contribution in [0.3, 0.4) is 0 Å². The van der Waals surface area contributed by atoms with Gasteiger partial charge in [0.15, 0.2) is 0 Å². The molecule has 2 aromatic rings. The van der Waals surface area contributed by atoms with Crippen molar-refractivity contribution >= 4 is 30.7 Å². The molecule has 0 bridgehead atoms. The summed E-state index contributed by atoms with van der Waals surface area (Å²) in [6.45, 7) is 4.50. The van der Waals surface area contributed by atoms with Gasteiger partial charge in [-0.15, -0.1) is 24.8 Å². The number of amides is 1. The minimum atomic E-state index is -0.0117. The molecule has 8 heteroatoms. The Kier molecular flexibility index (Phi) is 8.31. The van der Waals surface area contributed by atoms with Gasteiger partial charge in [-0.05, 0) is 17.5 Å². The molecule has 0 radical (unpaired) electrons. The van der Waals surface area contributed by atoms with Gasteiger partial charge in [-0.1, -0.05) is 30.3 Å². The lowest BCUT2D eigenvalue weighted by Gasteiger charge is -2.21. The van der Waals surface area contributed by atoms with E-state index in [0.29, 0.717) is 0 Å². The molecule has 0 spiro atoms. The minimum Gasteiger partial charge on any atom is -0.352 e. The maximum atomic E-state index is 12.9. The summed E-state index contributed by atoms with van der Waals surface area (Å²) in [4.78, 5) is 15.3. The van der Waals surface area contributed by atoms with Gasteiger partial charge in [-0.25, -0.2) is 0 Å². The highest BCUT2D eigenvalue weighted by atomic mass is 35.5. The fourth-order valence-corrected chi connectivity index (χ4v) is 4.18. The fourth-order valence-electron chi connectivity index (χ4n) is 4.18. The van der Waals surface area contributed by atoms with E-state index in [0.717, 1.165) is 44.7 Å². The number of carbonyl (C=O) groups excluding carboxylic acids is 1. The van der Waals surface area contributed by atoms with Crippen LogP contribution in [0.15, 0.2) is 42.7 Å². The van der Waals surface area contributed by atoms with Gasteiger partial charge >= 0.3 is 0 Å². The van der Waals surface area contributed by atoms with E-state index in [-0.39, 0.29) is 48.6 Å². The topological polar surface area (TPSA) is 62.2 Å². The quantitative estimate of drug-likeness (QED) is 0.768. The second-order valence-corrected chi connectivity index (χ2v) is 7.53. The Morgan fingerprint density at radius 2 is 2.04 bits per heavy atom. The fraction of sp³-hybridized carbons (Fsp3) is 0.500. The number of hydrogen-bond acceptors (Lipinski definition) is 4. The Labute approximate surface area is 178 Å². The van der Waals surface area contributed by atoms with Crippen molar-refractivity contribution in [2.45, 2.75) is 24.9 Å². The normalized spacial score (nSPS) is 24.4. The highest BCUT2D eigenvalue weighted by Crippen LogP contribution is 2.28. The molecular weight excluding hydrogens is 397 g/mol. The number of hydrogen-bond donors (Lipinski definition) is 2. The third kappa shape index (κ3) is 5.26. The van der Waals surface area contributed by atoms with Crippen molar-refractivity contribution in [3.05, 3.63) is 53.9 Å². The Balaban J connectivity index is 0.00000140. The molecule has 2 fully saturated rings. The van der Waals surface area contributed by atoms with Gasteiger partial charge in [0.2, 0.25) is 5.91 Å². The van der Waals surface area contributed by atoms with E-state index in [1.807, 2.05) is 25.5 Å². The molecule has 1 aromatic heterocycles. The number of nitrogens with zero attached hydrogens (tertiary/aromatic N) is 3. The molecule has 1 unspecified atom stereocenters. The monoisotopic (exact) mass is 425 g/mol. The van der Waals surface area contributed by atoms with Gasteiger partial charge in [-0.3, -0.25) is 14.4 Å². The average Bonchev–Trinajstić information content (AvgIpc) is 3.36. The predicted molar refractivity (Wildman–Crippen MR) is 115 cm³/mol. The number of aromatic nitrogens is 2. The zero-order valence-electron chi connectivity index (χ0n) is 16.1. The molecule has 2 N–H and O–H groups in total. The van der Waals surface area contributed by atoms with Crippen molar-refractivity contribution in [3.8, 4) is 0 Å². The third-order valence-corrected chi connectivity index (χ3v) is 5.57. The first-order valence-electron chi connectivity index (χ1n) is 9.45. The van der Waals surface area contributed by atoms with E-state index in [4.69, 9.17) is 0 Å². The van der Waals surface area contributed by atoms with Crippen LogP contribution < -0.4 is 10.6 Å². The lowest BCUT2D eigenvalue weighted by atomic mass is 9.90. The standard InChI is InChI=1S/C20H27N5O.2ClH/c1-24-13-16(9-22-24)18-10-21-11-19(18)20(26)23-17-7-8-25(14-17)12-15-5-3-2-4-6-15;;/h2-6,9,13,17-19,21H,7-8,10-12,14H2,1H3,(H,23,26);2*1H/t17?,18-,19+;;/m1../s1. The molecule has 1 amide bonds. The van der Waals surface area contributed by atoms with Crippen LogP contribution in [0.4, 0.5) is 0 Å².